The highest BCUT2D eigenvalue weighted by atomic mass is 19.1. The number of pyridine rings is 1. The van der Waals surface area contributed by atoms with Crippen LogP contribution >= 0.6 is 0 Å². The summed E-state index contributed by atoms with van der Waals surface area (Å²) in [6, 6.07) is 7.49. The monoisotopic (exact) mass is 313 g/mol. The molecular weight excluding hydrogens is 297 g/mol. The van der Waals surface area contributed by atoms with Crippen molar-refractivity contribution in [2.75, 3.05) is 16.8 Å². The Kier molecular flexibility index (Phi) is 4.06. The Balaban J connectivity index is 1.86. The van der Waals surface area contributed by atoms with E-state index >= 15 is 0 Å². The van der Waals surface area contributed by atoms with Crippen LogP contribution in [0, 0.1) is 12.7 Å². The van der Waals surface area contributed by atoms with Crippen LogP contribution < -0.4 is 10.2 Å². The summed E-state index contributed by atoms with van der Waals surface area (Å²) in [6.45, 7) is 2.39. The minimum absolute atomic E-state index is 0.00674. The lowest BCUT2D eigenvalue weighted by atomic mass is 10.1. The number of amides is 2. The average molecular weight is 313 g/mol. The number of anilines is 2. The van der Waals surface area contributed by atoms with E-state index in [1.54, 1.807) is 30.2 Å². The number of halogens is 1. The van der Waals surface area contributed by atoms with E-state index in [0.29, 0.717) is 24.3 Å². The normalized spacial score (nSPS) is 14.2. The smallest absolute Gasteiger partial charge is 0.258 e. The number of nitrogens with one attached hydrogen (secondary N) is 1. The lowest BCUT2D eigenvalue weighted by Crippen LogP contribution is -2.24. The van der Waals surface area contributed by atoms with Gasteiger partial charge < -0.3 is 10.2 Å². The zero-order chi connectivity index (χ0) is 16.4. The third-order valence-electron chi connectivity index (χ3n) is 3.73. The number of rotatable bonds is 3. The summed E-state index contributed by atoms with van der Waals surface area (Å²) in [5.74, 6) is -1.18. The quantitative estimate of drug-likeness (QED) is 0.947. The number of benzene rings is 1. The zero-order valence-corrected chi connectivity index (χ0v) is 12.7. The molecule has 1 aliphatic heterocycles. The van der Waals surface area contributed by atoms with Gasteiger partial charge in [0.25, 0.3) is 5.91 Å². The summed E-state index contributed by atoms with van der Waals surface area (Å²) in [7, 11) is 0. The molecule has 2 amide bonds. The zero-order valence-electron chi connectivity index (χ0n) is 12.7. The second kappa shape index (κ2) is 6.16. The minimum Gasteiger partial charge on any atom is -0.322 e. The van der Waals surface area contributed by atoms with E-state index in [1.807, 2.05) is 0 Å². The SMILES string of the molecule is Cc1cc(NC(=O)c2cc(N3CCCC3=O)ccc2F)ccn1. The summed E-state index contributed by atoms with van der Waals surface area (Å²) in [5.41, 5.74) is 1.76. The highest BCUT2D eigenvalue weighted by Crippen LogP contribution is 2.24. The lowest BCUT2D eigenvalue weighted by Gasteiger charge is -2.17. The largest absolute Gasteiger partial charge is 0.322 e. The van der Waals surface area contributed by atoms with Crippen molar-refractivity contribution in [2.45, 2.75) is 19.8 Å². The summed E-state index contributed by atoms with van der Waals surface area (Å²) >= 11 is 0. The molecule has 23 heavy (non-hydrogen) atoms. The number of carbonyl (C=O) groups excluding carboxylic acids is 2. The maximum absolute atomic E-state index is 14.0. The standard InChI is InChI=1S/C17H16FN3O2/c1-11-9-12(6-7-19-11)20-17(23)14-10-13(4-5-15(14)18)21-8-2-3-16(21)22/h4-7,9-10H,2-3,8H2,1H3,(H,19,20,23). The van der Waals surface area contributed by atoms with Crippen LogP contribution in [-0.2, 0) is 4.79 Å². The van der Waals surface area contributed by atoms with E-state index in [0.717, 1.165) is 12.1 Å². The van der Waals surface area contributed by atoms with Crippen molar-refractivity contribution in [1.29, 1.82) is 0 Å². The molecule has 1 aromatic carbocycles. The second-order valence-corrected chi connectivity index (χ2v) is 5.45. The van der Waals surface area contributed by atoms with E-state index in [1.165, 1.54) is 18.2 Å². The molecule has 0 atom stereocenters. The third-order valence-corrected chi connectivity index (χ3v) is 3.73. The molecule has 118 valence electrons. The van der Waals surface area contributed by atoms with Gasteiger partial charge in [-0.25, -0.2) is 4.39 Å². The average Bonchev–Trinajstić information content (AvgIpc) is 2.94. The number of hydrogen-bond acceptors (Lipinski definition) is 3. The predicted octanol–water partition coefficient (Wildman–Crippen LogP) is 2.91. The molecule has 0 radical (unpaired) electrons. The highest BCUT2D eigenvalue weighted by molar-refractivity contribution is 6.06. The maximum atomic E-state index is 14.0. The first-order valence-corrected chi connectivity index (χ1v) is 7.38. The number of carbonyl (C=O) groups is 2. The summed E-state index contributed by atoms with van der Waals surface area (Å²) in [5, 5.41) is 2.65. The van der Waals surface area contributed by atoms with Gasteiger partial charge in [0.1, 0.15) is 5.82 Å². The van der Waals surface area contributed by atoms with Gasteiger partial charge in [-0.05, 0) is 43.7 Å². The number of hydrogen-bond donors (Lipinski definition) is 1. The third kappa shape index (κ3) is 3.21. The fourth-order valence-corrected chi connectivity index (χ4v) is 2.60. The van der Waals surface area contributed by atoms with Crippen molar-refractivity contribution in [3.63, 3.8) is 0 Å². The van der Waals surface area contributed by atoms with Gasteiger partial charge in [-0.15, -0.1) is 0 Å². The Morgan fingerprint density at radius 2 is 2.13 bits per heavy atom. The fraction of sp³-hybridized carbons (Fsp3) is 0.235. The molecule has 6 heteroatoms. The Bertz CT molecular complexity index is 776. The van der Waals surface area contributed by atoms with Crippen LogP contribution in [0.4, 0.5) is 15.8 Å². The first-order chi connectivity index (χ1) is 11.0. The molecule has 0 saturated carbocycles. The number of aryl methyl sites for hydroxylation is 1. The molecule has 3 rings (SSSR count). The van der Waals surface area contributed by atoms with Gasteiger partial charge in [0.15, 0.2) is 0 Å². The molecule has 0 bridgehead atoms. The molecule has 1 aromatic heterocycles. The van der Waals surface area contributed by atoms with E-state index in [2.05, 4.69) is 10.3 Å². The van der Waals surface area contributed by atoms with Crippen LogP contribution in [0.5, 0.6) is 0 Å². The first-order valence-electron chi connectivity index (χ1n) is 7.38. The molecular formula is C17H16FN3O2. The minimum atomic E-state index is -0.622. The van der Waals surface area contributed by atoms with Crippen molar-refractivity contribution >= 4 is 23.2 Å². The van der Waals surface area contributed by atoms with E-state index in [9.17, 15) is 14.0 Å². The summed E-state index contributed by atoms with van der Waals surface area (Å²) in [4.78, 5) is 29.7. The molecule has 0 spiro atoms. The second-order valence-electron chi connectivity index (χ2n) is 5.45. The molecule has 1 saturated heterocycles. The molecule has 0 unspecified atom stereocenters. The topological polar surface area (TPSA) is 62.3 Å². The van der Waals surface area contributed by atoms with Crippen molar-refractivity contribution in [3.8, 4) is 0 Å². The van der Waals surface area contributed by atoms with Gasteiger partial charge in [-0.1, -0.05) is 0 Å². The van der Waals surface area contributed by atoms with Gasteiger partial charge >= 0.3 is 0 Å². The van der Waals surface area contributed by atoms with Gasteiger partial charge in [-0.3, -0.25) is 14.6 Å². The number of nitrogens with zero attached hydrogens (tertiary/aromatic N) is 2. The van der Waals surface area contributed by atoms with Gasteiger partial charge in [0.2, 0.25) is 5.91 Å². The predicted molar refractivity (Wildman–Crippen MR) is 84.9 cm³/mol. The van der Waals surface area contributed by atoms with Crippen LogP contribution in [0.25, 0.3) is 0 Å². The van der Waals surface area contributed by atoms with E-state index < -0.39 is 11.7 Å². The molecule has 0 aliphatic carbocycles. The van der Waals surface area contributed by atoms with Crippen LogP contribution in [0.2, 0.25) is 0 Å². The Morgan fingerprint density at radius 1 is 1.30 bits per heavy atom. The molecule has 2 heterocycles. The summed E-state index contributed by atoms with van der Waals surface area (Å²) < 4.78 is 14.0. The molecule has 5 nitrogen and oxygen atoms in total. The van der Waals surface area contributed by atoms with Gasteiger partial charge in [0.05, 0.1) is 5.56 Å². The van der Waals surface area contributed by atoms with Crippen LogP contribution in [0.3, 0.4) is 0 Å². The molecule has 1 aliphatic rings. The van der Waals surface area contributed by atoms with Crippen molar-refractivity contribution in [2.24, 2.45) is 0 Å². The molecule has 1 N–H and O–H groups in total. The van der Waals surface area contributed by atoms with Crippen LogP contribution in [0.1, 0.15) is 28.9 Å². The summed E-state index contributed by atoms with van der Waals surface area (Å²) in [6.07, 6.45) is 2.82. The molecule has 2 aromatic rings. The van der Waals surface area contributed by atoms with E-state index in [-0.39, 0.29) is 11.5 Å². The highest BCUT2D eigenvalue weighted by Gasteiger charge is 2.23. The van der Waals surface area contributed by atoms with Crippen molar-refractivity contribution in [1.82, 2.24) is 4.98 Å². The maximum Gasteiger partial charge on any atom is 0.258 e. The fourth-order valence-electron chi connectivity index (χ4n) is 2.60. The van der Waals surface area contributed by atoms with Crippen molar-refractivity contribution < 1.29 is 14.0 Å². The lowest BCUT2D eigenvalue weighted by molar-refractivity contribution is -0.117. The molecule has 1 fully saturated rings. The van der Waals surface area contributed by atoms with Crippen LogP contribution in [0.15, 0.2) is 36.5 Å². The van der Waals surface area contributed by atoms with Crippen LogP contribution in [-0.4, -0.2) is 23.3 Å². The number of aromatic nitrogens is 1. The van der Waals surface area contributed by atoms with Gasteiger partial charge in [0, 0.05) is 36.2 Å². The Morgan fingerprint density at radius 3 is 2.83 bits per heavy atom. The van der Waals surface area contributed by atoms with E-state index in [4.69, 9.17) is 0 Å². The van der Waals surface area contributed by atoms with Crippen molar-refractivity contribution in [3.05, 3.63) is 53.6 Å². The van der Waals surface area contributed by atoms with Gasteiger partial charge in [-0.2, -0.15) is 0 Å². The first kappa shape index (κ1) is 15.1. The Hall–Kier alpha value is -2.76. The Labute approximate surface area is 133 Å².